The van der Waals surface area contributed by atoms with Crippen molar-refractivity contribution in [3.8, 4) is 56.7 Å². The zero-order valence-corrected chi connectivity index (χ0v) is 52.4. The van der Waals surface area contributed by atoms with Crippen LogP contribution in [0.1, 0.15) is 17.3 Å². The van der Waals surface area contributed by atoms with E-state index >= 15 is 0 Å². The van der Waals surface area contributed by atoms with Crippen molar-refractivity contribution in [1.82, 2.24) is 24.8 Å². The first-order valence-corrected chi connectivity index (χ1v) is 24.2. The fraction of sp³-hybridized carbons (Fsp3) is 0.149. The van der Waals surface area contributed by atoms with Crippen molar-refractivity contribution in [2.45, 2.75) is 6.92 Å². The van der Waals surface area contributed by atoms with Crippen LogP contribution in [0, 0.1) is 0 Å². The van der Waals surface area contributed by atoms with E-state index in [0.29, 0.717) is 46.3 Å². The number of nitrogens with one attached hydrogen (secondary N) is 2. The molecule has 3 aliphatic rings. The summed E-state index contributed by atoms with van der Waals surface area (Å²) in [4.78, 5) is 45.3. The molecule has 2 aromatic heterocycles. The van der Waals surface area contributed by atoms with Crippen molar-refractivity contribution in [1.29, 1.82) is 0 Å². The van der Waals surface area contributed by atoms with Gasteiger partial charge in [0.1, 0.15) is 17.4 Å². The van der Waals surface area contributed by atoms with Gasteiger partial charge < -0.3 is 30.0 Å². The molecule has 0 radical (unpaired) electrons. The molecule has 21 heteroatoms. The largest absolute Gasteiger partial charge is 1.00 e. The van der Waals surface area contributed by atoms with Crippen molar-refractivity contribution >= 4 is 117 Å². The SMILES string of the molecule is CCOc1ccc(-c2nc3ccc(-c4nc5ccc(N6CCN(C)CC6)cc5[nH]4)cc3[nH]2)cc1.Cl.Cl.Cl.O.O=C([O-])c1ccccc1-c1c2cc(Br)c(=O)cc-2oc2[c]([Hg])c([O-])c(Br)cc12.[Na+].[Na+]. The Bertz CT molecular complexity index is 3230. The normalized spacial score (nSPS) is 12.1. The van der Waals surface area contributed by atoms with Crippen LogP contribution >= 0.6 is 69.1 Å². The number of H-pyrrole nitrogens is 2. The quantitative estimate of drug-likeness (QED) is 0.176. The summed E-state index contributed by atoms with van der Waals surface area (Å²) in [5.41, 5.74) is 8.96. The smallest absolute Gasteiger partial charge is 1.00 e. The number of nitrogens with zero attached hydrogens (tertiary/aromatic N) is 4. The first-order valence-electron chi connectivity index (χ1n) is 19.8. The molecule has 4 N–H and O–H groups in total. The van der Waals surface area contributed by atoms with Gasteiger partial charge in [-0.1, -0.05) is 0 Å². The second-order valence-corrected chi connectivity index (χ2v) is 19.4. The van der Waals surface area contributed by atoms with E-state index in [1.165, 1.54) is 17.8 Å². The number of hydrogen-bond donors (Lipinski definition) is 2. The Morgan fingerprint density at radius 2 is 1.40 bits per heavy atom. The number of aromatic amines is 2. The average Bonchev–Trinajstić information content (AvgIpc) is 3.91. The van der Waals surface area contributed by atoms with Gasteiger partial charge in [-0.2, -0.15) is 0 Å². The Labute approximate surface area is 486 Å². The third-order valence-electron chi connectivity index (χ3n) is 11.0. The molecule has 10 rings (SSSR count). The van der Waals surface area contributed by atoms with Gasteiger partial charge in [0.15, 0.2) is 0 Å². The molecule has 0 amide bonds. The second-order valence-electron chi connectivity index (χ2n) is 15.0. The molecule has 0 saturated carbocycles. The number of aromatic nitrogens is 4. The molecule has 0 unspecified atom stereocenters. The number of ether oxygens (including phenoxy) is 1. The van der Waals surface area contributed by atoms with Crippen molar-refractivity contribution in [2.75, 3.05) is 44.7 Å². The molecule has 1 aliphatic carbocycles. The average molecular weight is 1310 g/mol. The monoisotopic (exact) mass is 1310 g/mol. The molecule has 13 nitrogen and oxygen atoms in total. The van der Waals surface area contributed by atoms with Crippen LogP contribution in [-0.4, -0.2) is 76.1 Å². The van der Waals surface area contributed by atoms with Crippen LogP contribution < -0.4 is 87.5 Å². The summed E-state index contributed by atoms with van der Waals surface area (Å²) in [5, 5.41) is 24.8. The van der Waals surface area contributed by atoms with Gasteiger partial charge in [-0.05, 0) is 74.6 Å². The molecular formula is C47H40Br2Cl3HgN6Na2O7. The van der Waals surface area contributed by atoms with Crippen molar-refractivity contribution in [3.05, 3.63) is 128 Å². The summed E-state index contributed by atoms with van der Waals surface area (Å²) in [6.07, 6.45) is 0. The molecular weight excluding hydrogens is 1270 g/mol. The number of carbonyl (C=O) groups excluding carboxylic acids is 1. The van der Waals surface area contributed by atoms with Crippen LogP contribution in [0.15, 0.2) is 121 Å². The molecule has 4 heterocycles. The van der Waals surface area contributed by atoms with Gasteiger partial charge in [-0.25, -0.2) is 9.97 Å². The molecule has 0 bridgehead atoms. The number of carbonyl (C=O) groups is 1. The summed E-state index contributed by atoms with van der Waals surface area (Å²) in [6.45, 7) is 6.93. The van der Waals surface area contributed by atoms with Crippen LogP contribution in [-0.2, 0) is 26.1 Å². The van der Waals surface area contributed by atoms with Crippen LogP contribution in [0.5, 0.6) is 11.5 Å². The fourth-order valence-electron chi connectivity index (χ4n) is 7.77. The standard InChI is InChI=1S/C27H28N6O.C20H9Br2O5.3ClH.Hg.2Na.H2O/c1-3-34-21-8-4-18(5-9-21)26-28-22-10-6-19(16-24(22)30-26)27-29-23-11-7-20(17-25(23)31-27)33-14-12-32(2)13-15-33;21-13-5-11-17(7-15(13)23)27-18-8-16(24)14(22)6-12(18)19(11)9-3-1-2-4-10(9)20(25)26;;;;;;;/h4-11,16-17H,3,12-15H2,1-2H3,(H,28,30)(H,29,31);1-7,24H,(H,25,26);3*1H;;;;1H2/q;;;;;;2*+1;/p-2. The van der Waals surface area contributed by atoms with Gasteiger partial charge in [-0.3, -0.25) is 0 Å². The summed E-state index contributed by atoms with van der Waals surface area (Å²) >= 11 is 6.47. The topological polar surface area (TPSA) is 198 Å². The van der Waals surface area contributed by atoms with E-state index in [9.17, 15) is 19.8 Å². The minimum Gasteiger partial charge on any atom is 1.00 e. The number of likely N-dealkylation sites (N-methyl/N-ethyl adjacent to an activating group) is 1. The summed E-state index contributed by atoms with van der Waals surface area (Å²) in [7, 11) is 2.18. The van der Waals surface area contributed by atoms with E-state index in [1.807, 2.05) is 37.3 Å². The van der Waals surface area contributed by atoms with E-state index in [-0.39, 0.29) is 150 Å². The van der Waals surface area contributed by atoms with Gasteiger partial charge in [0, 0.05) is 43.0 Å². The Balaban J connectivity index is 0.000000336. The number of imidazole rings is 2. The van der Waals surface area contributed by atoms with Crippen LogP contribution in [0.2, 0.25) is 0 Å². The van der Waals surface area contributed by atoms with E-state index in [1.54, 1.807) is 30.3 Å². The second kappa shape index (κ2) is 25.6. The van der Waals surface area contributed by atoms with E-state index in [4.69, 9.17) is 19.1 Å². The molecule has 7 aromatic rings. The van der Waals surface area contributed by atoms with Gasteiger partial charge in [0.05, 0.1) is 28.7 Å². The molecule has 339 valence electrons. The third kappa shape index (κ3) is 12.3. The predicted molar refractivity (Wildman–Crippen MR) is 266 cm³/mol. The number of anilines is 1. The predicted octanol–water partition coefficient (Wildman–Crippen LogP) is 2.07. The number of aromatic carboxylic acids is 1. The number of carboxylic acids is 1. The number of hydrogen-bond acceptors (Lipinski definition) is 10. The molecule has 0 atom stereocenters. The maximum absolute atomic E-state index is 12.4. The Hall–Kier alpha value is -2.71. The number of benzene rings is 6. The van der Waals surface area contributed by atoms with Crippen molar-refractivity contribution < 1.29 is 115 Å². The number of halogens is 5. The third-order valence-corrected chi connectivity index (χ3v) is 14.7. The summed E-state index contributed by atoms with van der Waals surface area (Å²) < 4.78 is 12.8. The Morgan fingerprint density at radius 3 is 2.04 bits per heavy atom. The van der Waals surface area contributed by atoms with Gasteiger partial charge in [0.25, 0.3) is 0 Å². The van der Waals surface area contributed by atoms with Crippen LogP contribution in [0.25, 0.3) is 78.3 Å². The van der Waals surface area contributed by atoms with Crippen LogP contribution in [0.4, 0.5) is 5.69 Å². The number of piperazine rings is 1. The van der Waals surface area contributed by atoms with Gasteiger partial charge >= 0.3 is 252 Å². The zero-order valence-electron chi connectivity index (χ0n) is 37.3. The minimum atomic E-state index is -1.31. The van der Waals surface area contributed by atoms with E-state index in [0.717, 1.165) is 76.8 Å². The zero-order chi connectivity index (χ0) is 43.2. The maximum Gasteiger partial charge on any atom is 1.00 e. The Kier molecular flexibility index (Phi) is 22.4. The molecule has 1 fully saturated rings. The van der Waals surface area contributed by atoms with Gasteiger partial charge in [0.2, 0.25) is 0 Å². The van der Waals surface area contributed by atoms with E-state index < -0.39 is 5.97 Å². The molecule has 5 aromatic carbocycles. The Morgan fingerprint density at radius 1 is 0.794 bits per heavy atom. The first kappa shape index (κ1) is 59.6. The molecule has 0 spiro atoms. The summed E-state index contributed by atoms with van der Waals surface area (Å²) in [5.74, 6) is 1.40. The number of carboxylic acid groups (broad SMARTS) is 1. The van der Waals surface area contributed by atoms with Crippen molar-refractivity contribution in [3.63, 3.8) is 0 Å². The van der Waals surface area contributed by atoms with E-state index in [2.05, 4.69) is 89.0 Å². The number of fused-ring (bicyclic) bond motifs is 4. The molecule has 1 saturated heterocycles. The van der Waals surface area contributed by atoms with Crippen LogP contribution in [0.3, 0.4) is 0 Å². The molecule has 2 aliphatic heterocycles. The first-order chi connectivity index (χ1) is 29.9. The van der Waals surface area contributed by atoms with Gasteiger partial charge in [-0.15, -0.1) is 37.2 Å². The minimum absolute atomic E-state index is 0. The van der Waals surface area contributed by atoms with Crippen molar-refractivity contribution in [2.24, 2.45) is 0 Å². The summed E-state index contributed by atoms with van der Waals surface area (Å²) in [6, 6.07) is 31.8. The molecule has 68 heavy (non-hydrogen) atoms. The number of rotatable bonds is 7. The fourth-order valence-corrected chi connectivity index (χ4v) is 11.4. The maximum atomic E-state index is 12.4.